The van der Waals surface area contributed by atoms with Crippen LogP contribution >= 0.6 is 0 Å². The first kappa shape index (κ1) is 17.0. The average molecular weight is 344 g/mol. The summed E-state index contributed by atoms with van der Waals surface area (Å²) in [5, 5.41) is 14.4. The summed E-state index contributed by atoms with van der Waals surface area (Å²) >= 11 is 0. The lowest BCUT2D eigenvalue weighted by molar-refractivity contribution is -0.389. The molecule has 1 aliphatic heterocycles. The molecule has 132 valence electrons. The van der Waals surface area contributed by atoms with Gasteiger partial charge in [0.2, 0.25) is 5.91 Å². The van der Waals surface area contributed by atoms with E-state index in [0.29, 0.717) is 26.1 Å². The predicted molar refractivity (Wildman–Crippen MR) is 89.6 cm³/mol. The Labute approximate surface area is 145 Å². The van der Waals surface area contributed by atoms with Crippen molar-refractivity contribution in [2.45, 2.75) is 19.5 Å². The van der Waals surface area contributed by atoms with Gasteiger partial charge in [0.05, 0.1) is 23.9 Å². The first-order valence-electron chi connectivity index (χ1n) is 8.19. The quantitative estimate of drug-likeness (QED) is 0.571. The average Bonchev–Trinajstić information content (AvgIpc) is 3.11. The molecule has 0 radical (unpaired) electrons. The molecule has 1 aliphatic rings. The third kappa shape index (κ3) is 4.60. The van der Waals surface area contributed by atoms with E-state index in [2.05, 4.69) is 15.0 Å². The zero-order valence-electron chi connectivity index (χ0n) is 13.8. The highest BCUT2D eigenvalue weighted by atomic mass is 16.6. The van der Waals surface area contributed by atoms with Crippen molar-refractivity contribution in [2.75, 3.05) is 26.2 Å². The van der Waals surface area contributed by atoms with E-state index in [-0.39, 0.29) is 11.7 Å². The molecule has 9 heteroatoms. The number of nitrogens with zero attached hydrogens (tertiary/aromatic N) is 6. The van der Waals surface area contributed by atoms with E-state index in [9.17, 15) is 14.9 Å². The van der Waals surface area contributed by atoms with Gasteiger partial charge in [-0.3, -0.25) is 14.7 Å². The highest BCUT2D eigenvalue weighted by Gasteiger charge is 2.21. The highest BCUT2D eigenvalue weighted by Crippen LogP contribution is 2.10. The molecule has 3 rings (SSSR count). The molecule has 1 amide bonds. The normalized spacial score (nSPS) is 15.3. The molecule has 0 N–H and O–H groups in total. The SMILES string of the molecule is O=C(CCn1ccc([N+](=O)[O-])n1)N1CCN(Cc2cccnc2)CC1. The van der Waals surface area contributed by atoms with Crippen LogP contribution < -0.4 is 0 Å². The van der Waals surface area contributed by atoms with E-state index in [1.165, 1.54) is 22.5 Å². The molecule has 0 spiro atoms. The van der Waals surface area contributed by atoms with Crippen LogP contribution in [0.15, 0.2) is 36.8 Å². The van der Waals surface area contributed by atoms with Crippen molar-refractivity contribution in [1.29, 1.82) is 0 Å². The van der Waals surface area contributed by atoms with Gasteiger partial charge in [-0.1, -0.05) is 6.07 Å². The fraction of sp³-hybridized carbons (Fsp3) is 0.438. The van der Waals surface area contributed by atoms with E-state index < -0.39 is 4.92 Å². The summed E-state index contributed by atoms with van der Waals surface area (Å²) in [7, 11) is 0. The van der Waals surface area contributed by atoms with Crippen molar-refractivity contribution in [3.05, 3.63) is 52.5 Å². The lowest BCUT2D eigenvalue weighted by Gasteiger charge is -2.34. The number of rotatable bonds is 6. The molecule has 2 aromatic rings. The molecule has 0 aliphatic carbocycles. The number of pyridine rings is 1. The number of hydrogen-bond acceptors (Lipinski definition) is 6. The summed E-state index contributed by atoms with van der Waals surface area (Å²) in [4.78, 5) is 30.6. The number of carbonyl (C=O) groups is 1. The number of aromatic nitrogens is 3. The topological polar surface area (TPSA) is 97.4 Å². The molecule has 9 nitrogen and oxygen atoms in total. The Balaban J connectivity index is 1.42. The Morgan fingerprint density at radius 3 is 2.68 bits per heavy atom. The Hall–Kier alpha value is -2.81. The summed E-state index contributed by atoms with van der Waals surface area (Å²) in [5.41, 5.74) is 1.17. The number of nitro groups is 1. The Morgan fingerprint density at radius 2 is 2.04 bits per heavy atom. The molecule has 0 unspecified atom stereocenters. The molecule has 1 saturated heterocycles. The monoisotopic (exact) mass is 344 g/mol. The summed E-state index contributed by atoms with van der Waals surface area (Å²) in [6, 6.07) is 5.31. The molecule has 0 bridgehead atoms. The molecule has 1 fully saturated rings. The van der Waals surface area contributed by atoms with E-state index >= 15 is 0 Å². The maximum Gasteiger partial charge on any atom is 0.389 e. The first-order chi connectivity index (χ1) is 12.1. The van der Waals surface area contributed by atoms with Gasteiger partial charge in [0.25, 0.3) is 0 Å². The minimum absolute atomic E-state index is 0.0548. The van der Waals surface area contributed by atoms with Gasteiger partial charge in [0, 0.05) is 51.5 Å². The maximum atomic E-state index is 12.3. The van der Waals surface area contributed by atoms with Gasteiger partial charge >= 0.3 is 5.82 Å². The molecule has 0 atom stereocenters. The highest BCUT2D eigenvalue weighted by molar-refractivity contribution is 5.76. The van der Waals surface area contributed by atoms with Crippen LogP contribution in [0.1, 0.15) is 12.0 Å². The smallest absolute Gasteiger partial charge is 0.358 e. The van der Waals surface area contributed by atoms with Crippen LogP contribution in [0.2, 0.25) is 0 Å². The van der Waals surface area contributed by atoms with Crippen molar-refractivity contribution in [2.24, 2.45) is 0 Å². The number of carbonyl (C=O) groups excluding carboxylic acids is 1. The van der Waals surface area contributed by atoms with Gasteiger partial charge in [0.15, 0.2) is 0 Å². The van der Waals surface area contributed by atoms with E-state index in [0.717, 1.165) is 19.6 Å². The Morgan fingerprint density at radius 1 is 1.24 bits per heavy atom. The zero-order valence-corrected chi connectivity index (χ0v) is 13.8. The van der Waals surface area contributed by atoms with Crippen LogP contribution in [0.4, 0.5) is 5.82 Å². The second-order valence-electron chi connectivity index (χ2n) is 5.96. The Bertz CT molecular complexity index is 724. The molecular formula is C16H20N6O3. The molecule has 2 aromatic heterocycles. The van der Waals surface area contributed by atoms with Gasteiger partial charge in [-0.2, -0.15) is 4.68 Å². The predicted octanol–water partition coefficient (Wildman–Crippen LogP) is 0.921. The minimum Gasteiger partial charge on any atom is -0.358 e. The van der Waals surface area contributed by atoms with E-state index in [1.807, 2.05) is 23.2 Å². The van der Waals surface area contributed by atoms with Crippen LogP contribution in [0.5, 0.6) is 0 Å². The lowest BCUT2D eigenvalue weighted by atomic mass is 10.2. The zero-order chi connectivity index (χ0) is 17.6. The van der Waals surface area contributed by atoms with Crippen LogP contribution in [0.25, 0.3) is 0 Å². The standard InChI is InChI=1S/C16H20N6O3/c23-16(4-7-21-6-3-15(18-21)22(24)25)20-10-8-19(9-11-20)13-14-2-1-5-17-12-14/h1-3,5-6,12H,4,7-11,13H2. The van der Waals surface area contributed by atoms with Crippen molar-refractivity contribution in [1.82, 2.24) is 24.6 Å². The number of amides is 1. The summed E-state index contributed by atoms with van der Waals surface area (Å²) < 4.78 is 1.44. The first-order valence-corrected chi connectivity index (χ1v) is 8.19. The maximum absolute atomic E-state index is 12.3. The van der Waals surface area contributed by atoms with Gasteiger partial charge in [-0.15, -0.1) is 0 Å². The van der Waals surface area contributed by atoms with Gasteiger partial charge in [-0.05, 0) is 16.6 Å². The van der Waals surface area contributed by atoms with Crippen LogP contribution in [-0.4, -0.2) is 61.6 Å². The summed E-state index contributed by atoms with van der Waals surface area (Å²) in [6.07, 6.45) is 5.44. The van der Waals surface area contributed by atoms with Crippen molar-refractivity contribution < 1.29 is 9.72 Å². The molecule has 3 heterocycles. The largest absolute Gasteiger partial charge is 0.389 e. The van der Waals surface area contributed by atoms with Gasteiger partial charge < -0.3 is 15.0 Å². The fourth-order valence-electron chi connectivity index (χ4n) is 2.85. The summed E-state index contributed by atoms with van der Waals surface area (Å²) in [5.74, 6) is -0.143. The number of hydrogen-bond donors (Lipinski definition) is 0. The second kappa shape index (κ2) is 7.84. The number of piperazine rings is 1. The van der Waals surface area contributed by atoms with Gasteiger partial charge in [-0.25, -0.2) is 0 Å². The van der Waals surface area contributed by atoms with E-state index in [4.69, 9.17) is 0 Å². The third-order valence-electron chi connectivity index (χ3n) is 4.22. The molecule has 25 heavy (non-hydrogen) atoms. The third-order valence-corrected chi connectivity index (χ3v) is 4.22. The van der Waals surface area contributed by atoms with Crippen molar-refractivity contribution in [3.63, 3.8) is 0 Å². The van der Waals surface area contributed by atoms with Crippen LogP contribution in [0, 0.1) is 10.1 Å². The molecule has 0 saturated carbocycles. The summed E-state index contributed by atoms with van der Waals surface area (Å²) in [6.45, 7) is 4.23. The van der Waals surface area contributed by atoms with Gasteiger partial charge in [0.1, 0.15) is 0 Å². The molecule has 0 aromatic carbocycles. The lowest BCUT2D eigenvalue weighted by Crippen LogP contribution is -2.48. The Kier molecular flexibility index (Phi) is 5.34. The van der Waals surface area contributed by atoms with Crippen LogP contribution in [-0.2, 0) is 17.9 Å². The number of aryl methyl sites for hydroxylation is 1. The van der Waals surface area contributed by atoms with Crippen molar-refractivity contribution in [3.8, 4) is 0 Å². The van der Waals surface area contributed by atoms with Crippen molar-refractivity contribution >= 4 is 11.7 Å². The van der Waals surface area contributed by atoms with Crippen LogP contribution in [0.3, 0.4) is 0 Å². The fourth-order valence-corrected chi connectivity index (χ4v) is 2.85. The second-order valence-corrected chi connectivity index (χ2v) is 5.96. The minimum atomic E-state index is -0.542. The molecular weight excluding hydrogens is 324 g/mol. The van der Waals surface area contributed by atoms with E-state index in [1.54, 1.807) is 6.20 Å².